The van der Waals surface area contributed by atoms with E-state index in [1.165, 1.54) is 11.3 Å². The van der Waals surface area contributed by atoms with Crippen LogP contribution in [0.4, 0.5) is 5.13 Å². The van der Waals surface area contributed by atoms with Crippen LogP contribution >= 0.6 is 34.5 Å². The second-order valence-electron chi connectivity index (χ2n) is 4.43. The maximum atomic E-state index is 11.6. The molecular weight excluding hydrogens is 303 g/mol. The first-order valence-corrected chi connectivity index (χ1v) is 7.49. The van der Waals surface area contributed by atoms with Gasteiger partial charge in [-0.1, -0.05) is 29.3 Å². The van der Waals surface area contributed by atoms with Crippen LogP contribution in [-0.2, 0) is 4.79 Å². The van der Waals surface area contributed by atoms with Gasteiger partial charge in [0.1, 0.15) is 0 Å². The van der Waals surface area contributed by atoms with Crippen molar-refractivity contribution in [2.24, 2.45) is 5.92 Å². The smallest absolute Gasteiger partial charge is 0.229 e. The van der Waals surface area contributed by atoms with E-state index in [0.717, 1.165) is 24.1 Å². The molecule has 0 bridgehead atoms. The van der Waals surface area contributed by atoms with Crippen LogP contribution in [0.1, 0.15) is 12.8 Å². The molecule has 3 nitrogen and oxygen atoms in total. The highest BCUT2D eigenvalue weighted by Gasteiger charge is 2.30. The zero-order valence-corrected chi connectivity index (χ0v) is 12.1. The van der Waals surface area contributed by atoms with Gasteiger partial charge in [-0.3, -0.25) is 4.79 Å². The van der Waals surface area contributed by atoms with E-state index in [-0.39, 0.29) is 11.8 Å². The molecule has 0 atom stereocenters. The second-order valence-corrected chi connectivity index (χ2v) is 6.10. The Labute approximate surface area is 124 Å². The Morgan fingerprint density at radius 3 is 2.79 bits per heavy atom. The van der Waals surface area contributed by atoms with Crippen LogP contribution in [0.5, 0.6) is 0 Å². The lowest BCUT2D eigenvalue weighted by Gasteiger charge is -2.00. The fraction of sp³-hybridized carbons (Fsp3) is 0.231. The Hall–Kier alpha value is -1.10. The molecule has 1 N–H and O–H groups in total. The van der Waals surface area contributed by atoms with Crippen LogP contribution in [0.25, 0.3) is 11.3 Å². The van der Waals surface area contributed by atoms with Crippen molar-refractivity contribution in [1.82, 2.24) is 4.98 Å². The number of hydrogen-bond donors (Lipinski definition) is 1. The highest BCUT2D eigenvalue weighted by molar-refractivity contribution is 7.14. The number of aromatic nitrogens is 1. The molecule has 1 aliphatic carbocycles. The molecule has 0 saturated heterocycles. The number of amides is 1. The molecule has 1 fully saturated rings. The van der Waals surface area contributed by atoms with Gasteiger partial charge in [-0.25, -0.2) is 4.98 Å². The first-order valence-electron chi connectivity index (χ1n) is 5.85. The molecule has 1 saturated carbocycles. The minimum absolute atomic E-state index is 0.0649. The number of rotatable bonds is 3. The van der Waals surface area contributed by atoms with Gasteiger partial charge in [-0.2, -0.15) is 0 Å². The van der Waals surface area contributed by atoms with Crippen molar-refractivity contribution in [1.29, 1.82) is 0 Å². The van der Waals surface area contributed by atoms with Gasteiger partial charge in [0.05, 0.1) is 15.7 Å². The Morgan fingerprint density at radius 1 is 1.32 bits per heavy atom. The van der Waals surface area contributed by atoms with E-state index in [1.54, 1.807) is 12.1 Å². The number of benzene rings is 1. The van der Waals surface area contributed by atoms with Gasteiger partial charge in [0.25, 0.3) is 0 Å². The monoisotopic (exact) mass is 312 g/mol. The van der Waals surface area contributed by atoms with Crippen LogP contribution in [0, 0.1) is 5.92 Å². The maximum Gasteiger partial charge on any atom is 0.229 e. The molecule has 0 unspecified atom stereocenters. The van der Waals surface area contributed by atoms with Crippen LogP contribution in [0.2, 0.25) is 10.0 Å². The SMILES string of the molecule is O=C(Nc1nc(-c2ccc(Cl)c(Cl)c2)cs1)C1CC1. The molecule has 0 spiro atoms. The van der Waals surface area contributed by atoms with Crippen molar-refractivity contribution in [2.45, 2.75) is 12.8 Å². The molecule has 1 heterocycles. The highest BCUT2D eigenvalue weighted by Crippen LogP contribution is 2.33. The largest absolute Gasteiger partial charge is 0.302 e. The number of nitrogens with one attached hydrogen (secondary N) is 1. The van der Waals surface area contributed by atoms with Gasteiger partial charge in [0, 0.05) is 16.9 Å². The average Bonchev–Trinajstić information content (AvgIpc) is 3.14. The summed E-state index contributed by atoms with van der Waals surface area (Å²) in [5.41, 5.74) is 1.67. The molecule has 98 valence electrons. The van der Waals surface area contributed by atoms with Crippen LogP contribution in [0.3, 0.4) is 0 Å². The van der Waals surface area contributed by atoms with Gasteiger partial charge in [-0.05, 0) is 25.0 Å². The lowest BCUT2D eigenvalue weighted by atomic mass is 10.2. The Balaban J connectivity index is 1.79. The number of nitrogens with zero attached hydrogens (tertiary/aromatic N) is 1. The predicted octanol–water partition coefficient (Wildman–Crippen LogP) is 4.47. The minimum atomic E-state index is 0.0649. The topological polar surface area (TPSA) is 42.0 Å². The molecule has 6 heteroatoms. The summed E-state index contributed by atoms with van der Waals surface area (Å²) in [7, 11) is 0. The van der Waals surface area contributed by atoms with E-state index in [1.807, 2.05) is 11.4 Å². The first kappa shape index (κ1) is 12.9. The lowest BCUT2D eigenvalue weighted by Crippen LogP contribution is -2.12. The number of carbonyl (C=O) groups excluding carboxylic acids is 1. The molecule has 3 rings (SSSR count). The van der Waals surface area contributed by atoms with E-state index in [9.17, 15) is 4.79 Å². The van der Waals surface area contributed by atoms with Gasteiger partial charge >= 0.3 is 0 Å². The summed E-state index contributed by atoms with van der Waals surface area (Å²) in [5, 5.41) is 6.36. The predicted molar refractivity (Wildman–Crippen MR) is 78.9 cm³/mol. The minimum Gasteiger partial charge on any atom is -0.302 e. The Bertz CT molecular complexity index is 637. The number of halogens is 2. The zero-order valence-electron chi connectivity index (χ0n) is 9.82. The summed E-state index contributed by atoms with van der Waals surface area (Å²) in [6.07, 6.45) is 1.97. The molecule has 1 aromatic carbocycles. The normalized spacial score (nSPS) is 14.4. The number of anilines is 1. The molecule has 1 aliphatic rings. The third-order valence-electron chi connectivity index (χ3n) is 2.90. The van der Waals surface area contributed by atoms with Crippen molar-refractivity contribution in [3.63, 3.8) is 0 Å². The molecule has 2 aromatic rings. The van der Waals surface area contributed by atoms with E-state index < -0.39 is 0 Å². The Kier molecular flexibility index (Phi) is 3.48. The van der Waals surface area contributed by atoms with E-state index in [0.29, 0.717) is 15.2 Å². The second kappa shape index (κ2) is 5.12. The number of thiazole rings is 1. The summed E-state index contributed by atoms with van der Waals surface area (Å²) >= 11 is 13.3. The van der Waals surface area contributed by atoms with Gasteiger partial charge in [0.2, 0.25) is 5.91 Å². The van der Waals surface area contributed by atoms with Crippen molar-refractivity contribution in [3.8, 4) is 11.3 Å². The van der Waals surface area contributed by atoms with Gasteiger partial charge < -0.3 is 5.32 Å². The highest BCUT2D eigenvalue weighted by atomic mass is 35.5. The fourth-order valence-electron chi connectivity index (χ4n) is 1.67. The maximum absolute atomic E-state index is 11.6. The van der Waals surface area contributed by atoms with Gasteiger partial charge in [-0.15, -0.1) is 11.3 Å². The summed E-state index contributed by atoms with van der Waals surface area (Å²) in [4.78, 5) is 16.0. The average molecular weight is 313 g/mol. The molecule has 1 aromatic heterocycles. The van der Waals surface area contributed by atoms with Crippen molar-refractivity contribution in [3.05, 3.63) is 33.6 Å². The van der Waals surface area contributed by atoms with Crippen molar-refractivity contribution in [2.75, 3.05) is 5.32 Å². The zero-order chi connectivity index (χ0) is 13.4. The molecule has 1 amide bonds. The standard InChI is InChI=1S/C13H10Cl2N2OS/c14-9-4-3-8(5-10(9)15)11-6-19-13(16-11)17-12(18)7-1-2-7/h3-7H,1-2H2,(H,16,17,18). The molecule has 19 heavy (non-hydrogen) atoms. The third-order valence-corrected chi connectivity index (χ3v) is 4.39. The third kappa shape index (κ3) is 2.91. The van der Waals surface area contributed by atoms with Gasteiger partial charge in [0.15, 0.2) is 5.13 Å². The molecular formula is C13H10Cl2N2OS. The first-order chi connectivity index (χ1) is 9.13. The lowest BCUT2D eigenvalue weighted by molar-refractivity contribution is -0.117. The summed E-state index contributed by atoms with van der Waals surface area (Å²) in [6.45, 7) is 0. The fourth-order valence-corrected chi connectivity index (χ4v) is 2.69. The summed E-state index contributed by atoms with van der Waals surface area (Å²) in [5.74, 6) is 0.243. The van der Waals surface area contributed by atoms with Crippen LogP contribution in [0.15, 0.2) is 23.6 Å². The molecule has 0 radical (unpaired) electrons. The van der Waals surface area contributed by atoms with Crippen molar-refractivity contribution >= 4 is 45.6 Å². The van der Waals surface area contributed by atoms with E-state index in [4.69, 9.17) is 23.2 Å². The number of hydrogen-bond acceptors (Lipinski definition) is 3. The van der Waals surface area contributed by atoms with E-state index >= 15 is 0 Å². The van der Waals surface area contributed by atoms with Crippen molar-refractivity contribution < 1.29 is 4.79 Å². The van der Waals surface area contributed by atoms with Crippen LogP contribution < -0.4 is 5.32 Å². The van der Waals surface area contributed by atoms with Crippen LogP contribution in [-0.4, -0.2) is 10.9 Å². The Morgan fingerprint density at radius 2 is 2.11 bits per heavy atom. The molecule has 0 aliphatic heterocycles. The summed E-state index contributed by atoms with van der Waals surface area (Å²) in [6, 6.07) is 5.36. The summed E-state index contributed by atoms with van der Waals surface area (Å²) < 4.78 is 0. The quantitative estimate of drug-likeness (QED) is 0.908. The van der Waals surface area contributed by atoms with E-state index in [2.05, 4.69) is 10.3 Å². The number of carbonyl (C=O) groups is 1.